The SMILES string of the molecule is Cc1ccc(S(=O)(=O)Nc2c3c(nn2C)CCNC3)cc1. The maximum absolute atomic E-state index is 12.5. The minimum absolute atomic E-state index is 0.256. The van der Waals surface area contributed by atoms with E-state index in [1.165, 1.54) is 0 Å². The van der Waals surface area contributed by atoms with E-state index < -0.39 is 10.0 Å². The molecule has 1 aliphatic rings. The number of benzene rings is 1. The first-order valence-electron chi connectivity index (χ1n) is 6.82. The van der Waals surface area contributed by atoms with Crippen molar-refractivity contribution in [2.75, 3.05) is 11.3 Å². The number of aryl methyl sites for hydroxylation is 2. The third-order valence-electron chi connectivity index (χ3n) is 3.63. The Hall–Kier alpha value is -1.86. The molecule has 1 aliphatic heterocycles. The fraction of sp³-hybridized carbons (Fsp3) is 0.357. The van der Waals surface area contributed by atoms with Gasteiger partial charge < -0.3 is 5.32 Å². The number of nitrogens with one attached hydrogen (secondary N) is 2. The summed E-state index contributed by atoms with van der Waals surface area (Å²) in [5.41, 5.74) is 2.91. The van der Waals surface area contributed by atoms with E-state index in [4.69, 9.17) is 0 Å². The van der Waals surface area contributed by atoms with Gasteiger partial charge >= 0.3 is 0 Å². The van der Waals surface area contributed by atoms with Gasteiger partial charge in [-0.2, -0.15) is 5.10 Å². The van der Waals surface area contributed by atoms with Crippen LogP contribution in [0.15, 0.2) is 29.2 Å². The first-order chi connectivity index (χ1) is 9.97. The zero-order valence-electron chi connectivity index (χ0n) is 12.0. The number of rotatable bonds is 3. The van der Waals surface area contributed by atoms with Crippen molar-refractivity contribution in [1.82, 2.24) is 15.1 Å². The molecule has 3 rings (SSSR count). The zero-order valence-corrected chi connectivity index (χ0v) is 12.9. The van der Waals surface area contributed by atoms with Gasteiger partial charge in [0.05, 0.1) is 10.6 Å². The highest BCUT2D eigenvalue weighted by atomic mass is 32.2. The van der Waals surface area contributed by atoms with Gasteiger partial charge in [-0.3, -0.25) is 9.40 Å². The van der Waals surface area contributed by atoms with Gasteiger partial charge in [-0.05, 0) is 19.1 Å². The Balaban J connectivity index is 1.96. The Morgan fingerprint density at radius 3 is 2.71 bits per heavy atom. The highest BCUT2D eigenvalue weighted by Gasteiger charge is 2.23. The maximum Gasteiger partial charge on any atom is 0.263 e. The molecule has 2 N–H and O–H groups in total. The minimum atomic E-state index is -3.59. The molecule has 1 aromatic heterocycles. The summed E-state index contributed by atoms with van der Waals surface area (Å²) in [7, 11) is -1.84. The van der Waals surface area contributed by atoms with Gasteiger partial charge in [0.15, 0.2) is 0 Å². The summed E-state index contributed by atoms with van der Waals surface area (Å²) < 4.78 is 29.2. The fourth-order valence-electron chi connectivity index (χ4n) is 2.46. The molecule has 0 atom stereocenters. The summed E-state index contributed by atoms with van der Waals surface area (Å²) in [5, 5.41) is 7.63. The zero-order chi connectivity index (χ0) is 15.0. The molecule has 0 unspecified atom stereocenters. The second-order valence-corrected chi connectivity index (χ2v) is 6.93. The van der Waals surface area contributed by atoms with Crippen molar-refractivity contribution in [3.63, 3.8) is 0 Å². The molecule has 21 heavy (non-hydrogen) atoms. The molecule has 0 fully saturated rings. The van der Waals surface area contributed by atoms with Crippen LogP contribution in [0.2, 0.25) is 0 Å². The van der Waals surface area contributed by atoms with E-state index in [2.05, 4.69) is 15.1 Å². The van der Waals surface area contributed by atoms with Crippen molar-refractivity contribution in [2.24, 2.45) is 7.05 Å². The molecule has 0 amide bonds. The molecule has 0 spiro atoms. The molecule has 0 bridgehead atoms. The van der Waals surface area contributed by atoms with Crippen LogP contribution in [-0.4, -0.2) is 24.7 Å². The third-order valence-corrected chi connectivity index (χ3v) is 4.99. The predicted molar refractivity (Wildman–Crippen MR) is 80.6 cm³/mol. The van der Waals surface area contributed by atoms with Gasteiger partial charge in [0.1, 0.15) is 5.82 Å². The molecule has 0 saturated carbocycles. The first-order valence-corrected chi connectivity index (χ1v) is 8.30. The van der Waals surface area contributed by atoms with Crippen molar-refractivity contribution in [3.8, 4) is 0 Å². The molecular weight excluding hydrogens is 288 g/mol. The summed E-state index contributed by atoms with van der Waals surface area (Å²) in [5.74, 6) is 0.540. The van der Waals surface area contributed by atoms with Gasteiger partial charge in [0.25, 0.3) is 10.0 Å². The lowest BCUT2D eigenvalue weighted by atomic mass is 10.1. The Morgan fingerprint density at radius 1 is 1.29 bits per heavy atom. The number of fused-ring (bicyclic) bond motifs is 1. The Labute approximate surface area is 124 Å². The van der Waals surface area contributed by atoms with Crippen LogP contribution in [0.4, 0.5) is 5.82 Å². The first kappa shape index (κ1) is 14.1. The van der Waals surface area contributed by atoms with E-state index in [9.17, 15) is 8.42 Å². The van der Waals surface area contributed by atoms with Gasteiger partial charge in [-0.25, -0.2) is 8.42 Å². The van der Waals surface area contributed by atoms with Gasteiger partial charge in [0, 0.05) is 32.1 Å². The third kappa shape index (κ3) is 2.66. The quantitative estimate of drug-likeness (QED) is 0.892. The lowest BCUT2D eigenvalue weighted by molar-refractivity contribution is 0.600. The number of hydrogen-bond donors (Lipinski definition) is 2. The second kappa shape index (κ2) is 5.16. The van der Waals surface area contributed by atoms with E-state index >= 15 is 0 Å². The highest BCUT2D eigenvalue weighted by Crippen LogP contribution is 2.24. The van der Waals surface area contributed by atoms with Crippen LogP contribution in [-0.2, 0) is 30.0 Å². The standard InChI is InChI=1S/C14H18N4O2S/c1-10-3-5-11(6-4-10)21(19,20)17-14-12-9-15-8-7-13(12)16-18(14)2/h3-6,15,17H,7-9H2,1-2H3. The molecular formula is C14H18N4O2S. The predicted octanol–water partition coefficient (Wildman–Crippen LogP) is 1.18. The molecule has 0 aliphatic carbocycles. The van der Waals surface area contributed by atoms with Crippen LogP contribution >= 0.6 is 0 Å². The average Bonchev–Trinajstić information content (AvgIpc) is 2.75. The van der Waals surface area contributed by atoms with Crippen LogP contribution in [0.25, 0.3) is 0 Å². The topological polar surface area (TPSA) is 76.0 Å². The van der Waals surface area contributed by atoms with Crippen molar-refractivity contribution in [2.45, 2.75) is 24.8 Å². The van der Waals surface area contributed by atoms with E-state index in [1.807, 2.05) is 6.92 Å². The summed E-state index contributed by atoms with van der Waals surface area (Å²) >= 11 is 0. The number of sulfonamides is 1. The Morgan fingerprint density at radius 2 is 2.00 bits per heavy atom. The van der Waals surface area contributed by atoms with Crippen molar-refractivity contribution in [3.05, 3.63) is 41.1 Å². The smallest absolute Gasteiger partial charge is 0.263 e. The molecule has 2 aromatic rings. The van der Waals surface area contributed by atoms with Crippen LogP contribution in [0.5, 0.6) is 0 Å². The molecule has 112 valence electrons. The van der Waals surface area contributed by atoms with E-state index in [0.29, 0.717) is 12.4 Å². The Bertz CT molecular complexity index is 763. The lowest BCUT2D eigenvalue weighted by Gasteiger charge is -2.14. The summed E-state index contributed by atoms with van der Waals surface area (Å²) in [6.45, 7) is 3.43. The van der Waals surface area contributed by atoms with Crippen LogP contribution in [0.1, 0.15) is 16.8 Å². The van der Waals surface area contributed by atoms with E-state index in [-0.39, 0.29) is 4.90 Å². The molecule has 1 aromatic carbocycles. The Kier molecular flexibility index (Phi) is 3.46. The molecule has 0 radical (unpaired) electrons. The van der Waals surface area contributed by atoms with Crippen molar-refractivity contribution >= 4 is 15.8 Å². The normalized spacial score (nSPS) is 14.8. The molecule has 7 heteroatoms. The lowest BCUT2D eigenvalue weighted by Crippen LogP contribution is -2.24. The van der Waals surface area contributed by atoms with Gasteiger partial charge in [0.2, 0.25) is 0 Å². The van der Waals surface area contributed by atoms with Crippen LogP contribution < -0.4 is 10.0 Å². The number of aromatic nitrogens is 2. The number of anilines is 1. The average molecular weight is 306 g/mol. The molecule has 2 heterocycles. The number of hydrogen-bond acceptors (Lipinski definition) is 4. The van der Waals surface area contributed by atoms with E-state index in [0.717, 1.165) is 29.8 Å². The largest absolute Gasteiger partial charge is 0.312 e. The monoisotopic (exact) mass is 306 g/mol. The van der Waals surface area contributed by atoms with Crippen LogP contribution in [0, 0.1) is 6.92 Å². The van der Waals surface area contributed by atoms with Crippen molar-refractivity contribution in [1.29, 1.82) is 0 Å². The highest BCUT2D eigenvalue weighted by molar-refractivity contribution is 7.92. The summed E-state index contributed by atoms with van der Waals surface area (Å²) in [4.78, 5) is 0.256. The fourth-order valence-corrected chi connectivity index (χ4v) is 3.58. The van der Waals surface area contributed by atoms with Gasteiger partial charge in [-0.1, -0.05) is 17.7 Å². The maximum atomic E-state index is 12.5. The van der Waals surface area contributed by atoms with Gasteiger partial charge in [-0.15, -0.1) is 0 Å². The molecule has 6 nitrogen and oxygen atoms in total. The molecule has 0 saturated heterocycles. The minimum Gasteiger partial charge on any atom is -0.312 e. The summed E-state index contributed by atoms with van der Waals surface area (Å²) in [6.07, 6.45) is 0.815. The summed E-state index contributed by atoms with van der Waals surface area (Å²) in [6, 6.07) is 6.79. The van der Waals surface area contributed by atoms with Crippen molar-refractivity contribution < 1.29 is 8.42 Å². The second-order valence-electron chi connectivity index (χ2n) is 5.24. The number of nitrogens with zero attached hydrogens (tertiary/aromatic N) is 2. The van der Waals surface area contributed by atoms with E-state index in [1.54, 1.807) is 36.0 Å². The van der Waals surface area contributed by atoms with Crippen LogP contribution in [0.3, 0.4) is 0 Å².